The third-order valence-corrected chi connectivity index (χ3v) is 3.59. The second kappa shape index (κ2) is 5.88. The largest absolute Gasteiger partial charge is 0.325 e. The van der Waals surface area contributed by atoms with Gasteiger partial charge in [0, 0.05) is 11.9 Å². The van der Waals surface area contributed by atoms with Gasteiger partial charge in [0.25, 0.3) is 0 Å². The molecule has 0 spiro atoms. The lowest BCUT2D eigenvalue weighted by Gasteiger charge is -2.22. The summed E-state index contributed by atoms with van der Waals surface area (Å²) in [4.78, 5) is 12.1. The lowest BCUT2D eigenvalue weighted by Crippen LogP contribution is -2.43. The van der Waals surface area contributed by atoms with Gasteiger partial charge in [0.15, 0.2) is 0 Å². The fourth-order valence-electron chi connectivity index (χ4n) is 2.45. The van der Waals surface area contributed by atoms with Crippen LogP contribution < -0.4 is 10.6 Å². The number of benzene rings is 1. The Bertz CT molecular complexity index is 556. The Hall–Kier alpha value is -2.14. The van der Waals surface area contributed by atoms with Crippen LogP contribution in [0.5, 0.6) is 0 Å². The van der Waals surface area contributed by atoms with Crippen LogP contribution in [0.4, 0.5) is 5.69 Å². The van der Waals surface area contributed by atoms with E-state index in [-0.39, 0.29) is 11.9 Å². The highest BCUT2D eigenvalue weighted by molar-refractivity contribution is 5.95. The van der Waals surface area contributed by atoms with Crippen molar-refractivity contribution in [3.8, 4) is 11.3 Å². The second-order valence-corrected chi connectivity index (χ2v) is 5.04. The van der Waals surface area contributed by atoms with Gasteiger partial charge in [-0.3, -0.25) is 9.89 Å². The molecule has 0 saturated carbocycles. The van der Waals surface area contributed by atoms with E-state index in [2.05, 4.69) is 20.8 Å². The van der Waals surface area contributed by atoms with Crippen LogP contribution in [-0.4, -0.2) is 28.7 Å². The first-order chi connectivity index (χ1) is 9.83. The van der Waals surface area contributed by atoms with E-state index >= 15 is 0 Å². The molecular weight excluding hydrogens is 252 g/mol. The Balaban J connectivity index is 1.64. The van der Waals surface area contributed by atoms with Crippen molar-refractivity contribution < 1.29 is 4.79 Å². The van der Waals surface area contributed by atoms with Gasteiger partial charge in [0.05, 0.1) is 11.7 Å². The minimum Gasteiger partial charge on any atom is -0.325 e. The second-order valence-electron chi connectivity index (χ2n) is 5.04. The Morgan fingerprint density at radius 3 is 2.70 bits per heavy atom. The van der Waals surface area contributed by atoms with Gasteiger partial charge in [0.1, 0.15) is 0 Å². The van der Waals surface area contributed by atoms with E-state index in [1.54, 1.807) is 6.20 Å². The van der Waals surface area contributed by atoms with Gasteiger partial charge < -0.3 is 10.6 Å². The minimum absolute atomic E-state index is 0.0546. The summed E-state index contributed by atoms with van der Waals surface area (Å²) in [5.74, 6) is 0.0546. The summed E-state index contributed by atoms with van der Waals surface area (Å²) in [7, 11) is 0. The quantitative estimate of drug-likeness (QED) is 0.800. The summed E-state index contributed by atoms with van der Waals surface area (Å²) >= 11 is 0. The fourth-order valence-corrected chi connectivity index (χ4v) is 2.45. The number of nitrogens with zero attached hydrogens (tertiary/aromatic N) is 1. The van der Waals surface area contributed by atoms with Crippen LogP contribution in [0.3, 0.4) is 0 Å². The molecule has 104 valence electrons. The SMILES string of the molecule is O=C(Nc1ccc(-c2ccn[nH]2)cc1)[C@H]1CCCCN1. The first-order valence-electron chi connectivity index (χ1n) is 6.97. The highest BCUT2D eigenvalue weighted by atomic mass is 16.2. The molecule has 0 aliphatic carbocycles. The van der Waals surface area contributed by atoms with E-state index in [4.69, 9.17) is 0 Å². The molecule has 1 fully saturated rings. The van der Waals surface area contributed by atoms with Crippen molar-refractivity contribution in [3.05, 3.63) is 36.5 Å². The molecule has 2 aromatic rings. The number of piperidine rings is 1. The molecule has 20 heavy (non-hydrogen) atoms. The maximum Gasteiger partial charge on any atom is 0.241 e. The van der Waals surface area contributed by atoms with Gasteiger partial charge in [0.2, 0.25) is 5.91 Å². The Labute approximate surface area is 117 Å². The number of nitrogens with one attached hydrogen (secondary N) is 3. The van der Waals surface area contributed by atoms with E-state index in [1.807, 2.05) is 30.3 Å². The van der Waals surface area contributed by atoms with Crippen LogP contribution in [0, 0.1) is 0 Å². The van der Waals surface area contributed by atoms with Crippen molar-refractivity contribution in [1.29, 1.82) is 0 Å². The number of H-pyrrole nitrogens is 1. The van der Waals surface area contributed by atoms with Gasteiger partial charge in [-0.25, -0.2) is 0 Å². The van der Waals surface area contributed by atoms with Crippen LogP contribution in [0.25, 0.3) is 11.3 Å². The van der Waals surface area contributed by atoms with Crippen LogP contribution in [-0.2, 0) is 4.79 Å². The number of carbonyl (C=O) groups is 1. The average Bonchev–Trinajstić information content (AvgIpc) is 3.03. The zero-order valence-electron chi connectivity index (χ0n) is 11.2. The van der Waals surface area contributed by atoms with E-state index in [9.17, 15) is 4.79 Å². The lowest BCUT2D eigenvalue weighted by molar-refractivity contribution is -0.118. The summed E-state index contributed by atoms with van der Waals surface area (Å²) < 4.78 is 0. The van der Waals surface area contributed by atoms with Crippen LogP contribution in [0.15, 0.2) is 36.5 Å². The number of aromatic amines is 1. The summed E-state index contributed by atoms with van der Waals surface area (Å²) in [5, 5.41) is 13.0. The smallest absolute Gasteiger partial charge is 0.241 e. The van der Waals surface area contributed by atoms with Crippen LogP contribution >= 0.6 is 0 Å². The van der Waals surface area contributed by atoms with Gasteiger partial charge >= 0.3 is 0 Å². The molecule has 1 saturated heterocycles. The molecule has 1 aliphatic heterocycles. The maximum atomic E-state index is 12.1. The summed E-state index contributed by atoms with van der Waals surface area (Å²) in [6.45, 7) is 0.927. The molecule has 0 unspecified atom stereocenters. The highest BCUT2D eigenvalue weighted by Crippen LogP contribution is 2.19. The van der Waals surface area contributed by atoms with Gasteiger partial charge in [-0.1, -0.05) is 18.6 Å². The summed E-state index contributed by atoms with van der Waals surface area (Å²) in [6.07, 6.45) is 4.91. The Morgan fingerprint density at radius 1 is 1.20 bits per heavy atom. The summed E-state index contributed by atoms with van der Waals surface area (Å²) in [6, 6.07) is 9.62. The van der Waals surface area contributed by atoms with E-state index in [1.165, 1.54) is 0 Å². The number of amides is 1. The van der Waals surface area contributed by atoms with Gasteiger partial charge in [-0.15, -0.1) is 0 Å². The molecule has 1 atom stereocenters. The minimum atomic E-state index is -0.0592. The average molecular weight is 270 g/mol. The number of hydrogen-bond acceptors (Lipinski definition) is 3. The van der Waals surface area contributed by atoms with Gasteiger partial charge in [-0.05, 0) is 43.1 Å². The number of aromatic nitrogens is 2. The molecule has 1 aromatic heterocycles. The third kappa shape index (κ3) is 2.88. The number of hydrogen-bond donors (Lipinski definition) is 3. The molecule has 3 rings (SSSR count). The molecule has 5 nitrogen and oxygen atoms in total. The van der Waals surface area contributed by atoms with Crippen molar-refractivity contribution >= 4 is 11.6 Å². The summed E-state index contributed by atoms with van der Waals surface area (Å²) in [5.41, 5.74) is 2.85. The molecule has 1 aromatic carbocycles. The standard InChI is InChI=1S/C15H18N4O/c20-15(14-3-1-2-9-16-14)18-12-6-4-11(5-7-12)13-8-10-17-19-13/h4-8,10,14,16H,1-3,9H2,(H,17,19)(H,18,20)/t14-/m1/s1. The predicted octanol–water partition coefficient (Wildman–Crippen LogP) is 2.16. The zero-order valence-corrected chi connectivity index (χ0v) is 11.2. The van der Waals surface area contributed by atoms with Crippen LogP contribution in [0.1, 0.15) is 19.3 Å². The molecule has 1 amide bonds. The monoisotopic (exact) mass is 270 g/mol. The molecular formula is C15H18N4O. The van der Waals surface area contributed by atoms with E-state index in [0.29, 0.717) is 0 Å². The third-order valence-electron chi connectivity index (χ3n) is 3.59. The molecule has 3 N–H and O–H groups in total. The molecule has 2 heterocycles. The van der Waals surface area contributed by atoms with Crippen LogP contribution in [0.2, 0.25) is 0 Å². The first-order valence-corrected chi connectivity index (χ1v) is 6.97. The van der Waals surface area contributed by atoms with E-state index < -0.39 is 0 Å². The first kappa shape index (κ1) is 12.9. The van der Waals surface area contributed by atoms with Crippen molar-refractivity contribution in [1.82, 2.24) is 15.5 Å². The zero-order chi connectivity index (χ0) is 13.8. The number of carbonyl (C=O) groups excluding carboxylic acids is 1. The van der Waals surface area contributed by atoms with Crippen molar-refractivity contribution in [2.24, 2.45) is 0 Å². The van der Waals surface area contributed by atoms with E-state index in [0.717, 1.165) is 42.8 Å². The molecule has 5 heteroatoms. The van der Waals surface area contributed by atoms with Crippen molar-refractivity contribution in [3.63, 3.8) is 0 Å². The molecule has 0 radical (unpaired) electrons. The number of rotatable bonds is 3. The number of anilines is 1. The Kier molecular flexibility index (Phi) is 3.78. The molecule has 1 aliphatic rings. The predicted molar refractivity (Wildman–Crippen MR) is 78.3 cm³/mol. The molecule has 0 bridgehead atoms. The fraction of sp³-hybridized carbons (Fsp3) is 0.333. The van der Waals surface area contributed by atoms with Crippen molar-refractivity contribution in [2.75, 3.05) is 11.9 Å². The highest BCUT2D eigenvalue weighted by Gasteiger charge is 2.20. The topological polar surface area (TPSA) is 69.8 Å². The maximum absolute atomic E-state index is 12.1. The lowest BCUT2D eigenvalue weighted by atomic mass is 10.0. The van der Waals surface area contributed by atoms with Gasteiger partial charge in [-0.2, -0.15) is 5.10 Å². The van der Waals surface area contributed by atoms with Crippen molar-refractivity contribution in [2.45, 2.75) is 25.3 Å². The normalized spacial score (nSPS) is 18.7. The Morgan fingerprint density at radius 2 is 2.05 bits per heavy atom.